The number of nitrogens with zero attached hydrogens (tertiary/aromatic N) is 1. The maximum atomic E-state index is 11.2. The first-order chi connectivity index (χ1) is 13.0. The number of aliphatic hydroxyl groups is 2. The Balaban J connectivity index is 2.03. The monoisotopic (exact) mass is 393 g/mol. The van der Waals surface area contributed by atoms with Crippen LogP contribution in [0.25, 0.3) is 12.2 Å². The van der Waals surface area contributed by atoms with Gasteiger partial charge < -0.3 is 19.3 Å². The van der Waals surface area contributed by atoms with Gasteiger partial charge in [0.2, 0.25) is 0 Å². The number of hydrogen-bond acceptors (Lipinski definition) is 7. The van der Waals surface area contributed by atoms with E-state index in [0.29, 0.717) is 13.1 Å². The predicted molar refractivity (Wildman–Crippen MR) is 105 cm³/mol. The molecule has 0 aliphatic carbocycles. The molecule has 0 atom stereocenters. The van der Waals surface area contributed by atoms with E-state index < -0.39 is 10.4 Å². The van der Waals surface area contributed by atoms with Gasteiger partial charge in [-0.05, 0) is 35.4 Å². The minimum absolute atomic E-state index is 0.0209. The van der Waals surface area contributed by atoms with E-state index in [1.807, 2.05) is 41.3 Å². The third-order valence-corrected chi connectivity index (χ3v) is 4.55. The molecule has 0 bridgehead atoms. The highest BCUT2D eigenvalue weighted by Gasteiger charge is 2.10. The van der Waals surface area contributed by atoms with Crippen molar-refractivity contribution >= 4 is 28.2 Å². The highest BCUT2D eigenvalue weighted by molar-refractivity contribution is 7.82. The molecule has 2 aromatic carbocycles. The van der Waals surface area contributed by atoms with Gasteiger partial charge in [-0.3, -0.25) is 0 Å². The molecule has 0 radical (unpaired) electrons. The smallest absolute Gasteiger partial charge is 0.395 e. The van der Waals surface area contributed by atoms with E-state index in [1.165, 1.54) is 0 Å². The molecule has 2 N–H and O–H groups in total. The molecule has 7 nitrogen and oxygen atoms in total. The van der Waals surface area contributed by atoms with Gasteiger partial charge >= 0.3 is 10.4 Å². The van der Waals surface area contributed by atoms with Crippen LogP contribution >= 0.6 is 0 Å². The van der Waals surface area contributed by atoms with Crippen molar-refractivity contribution < 1.29 is 27.0 Å². The number of rotatable bonds is 10. The van der Waals surface area contributed by atoms with E-state index >= 15 is 0 Å². The summed E-state index contributed by atoms with van der Waals surface area (Å²) in [6, 6.07) is 14.3. The van der Waals surface area contributed by atoms with Gasteiger partial charge in [-0.15, -0.1) is 0 Å². The fourth-order valence-corrected chi connectivity index (χ4v) is 2.80. The first-order valence-electron chi connectivity index (χ1n) is 8.32. The Labute approximate surface area is 159 Å². The summed E-state index contributed by atoms with van der Waals surface area (Å²) in [4.78, 5) is 1.90. The molecular weight excluding hydrogens is 370 g/mol. The number of hydrogen-bond donors (Lipinski definition) is 2. The van der Waals surface area contributed by atoms with Crippen LogP contribution < -0.4 is 9.08 Å². The number of anilines is 1. The summed E-state index contributed by atoms with van der Waals surface area (Å²) in [5.74, 6) is 0.172. The molecule has 0 aromatic heterocycles. The number of aliphatic hydroxyl groups excluding tert-OH is 2. The van der Waals surface area contributed by atoms with Crippen LogP contribution in [0, 0.1) is 0 Å². The van der Waals surface area contributed by atoms with Gasteiger partial charge in [0.1, 0.15) is 5.75 Å². The molecular formula is C19H23NO6S. The molecule has 0 unspecified atom stereocenters. The van der Waals surface area contributed by atoms with Crippen LogP contribution in [-0.4, -0.2) is 52.0 Å². The molecule has 0 heterocycles. The molecule has 8 heteroatoms. The minimum Gasteiger partial charge on any atom is -0.395 e. The number of benzene rings is 2. The molecule has 2 rings (SSSR count). The second-order valence-corrected chi connectivity index (χ2v) is 6.90. The normalized spacial score (nSPS) is 11.7. The molecule has 0 amide bonds. The first kappa shape index (κ1) is 20.9. The van der Waals surface area contributed by atoms with Crippen molar-refractivity contribution in [1.82, 2.24) is 0 Å². The first-order valence-corrected chi connectivity index (χ1v) is 9.65. The highest BCUT2D eigenvalue weighted by atomic mass is 32.3. The quantitative estimate of drug-likeness (QED) is 0.595. The third-order valence-electron chi connectivity index (χ3n) is 3.75. The van der Waals surface area contributed by atoms with Crippen molar-refractivity contribution in [2.24, 2.45) is 0 Å². The van der Waals surface area contributed by atoms with Crippen molar-refractivity contribution in [3.8, 4) is 5.75 Å². The Morgan fingerprint density at radius 2 is 1.37 bits per heavy atom. The zero-order valence-electron chi connectivity index (χ0n) is 15.0. The predicted octanol–water partition coefficient (Wildman–Crippen LogP) is 1.92. The van der Waals surface area contributed by atoms with Gasteiger partial charge in [0.05, 0.1) is 20.3 Å². The Morgan fingerprint density at radius 3 is 1.81 bits per heavy atom. The molecule has 0 saturated carbocycles. The van der Waals surface area contributed by atoms with Crippen LogP contribution in [0.5, 0.6) is 5.75 Å². The summed E-state index contributed by atoms with van der Waals surface area (Å²) in [5.41, 5.74) is 2.79. The average Bonchev–Trinajstić information content (AvgIpc) is 2.67. The standard InChI is InChI=1S/C19H23NO6S/c1-25-27(23,24)26-19-10-6-17(7-11-19)3-2-16-4-8-18(9-5-16)20(12-14-21)13-15-22/h2-11,21-22H,12-15H2,1H3. The molecule has 0 fully saturated rings. The lowest BCUT2D eigenvalue weighted by atomic mass is 10.1. The summed E-state index contributed by atoms with van der Waals surface area (Å²) in [5, 5.41) is 18.2. The molecule has 27 heavy (non-hydrogen) atoms. The SMILES string of the molecule is COS(=O)(=O)Oc1ccc(C=Cc2ccc(N(CCO)CCO)cc2)cc1. The Bertz CT molecular complexity index is 826. The topological polar surface area (TPSA) is 96.3 Å². The molecule has 146 valence electrons. The van der Waals surface area contributed by atoms with Gasteiger partial charge in [-0.2, -0.15) is 8.42 Å². The summed E-state index contributed by atoms with van der Waals surface area (Å²) in [6.45, 7) is 0.964. The van der Waals surface area contributed by atoms with Gasteiger partial charge in [-0.1, -0.05) is 36.4 Å². The van der Waals surface area contributed by atoms with E-state index in [4.69, 9.17) is 14.4 Å². The van der Waals surface area contributed by atoms with Crippen LogP contribution in [0.15, 0.2) is 48.5 Å². The fraction of sp³-hybridized carbons (Fsp3) is 0.263. The molecule has 0 aliphatic rings. The third kappa shape index (κ3) is 6.69. The van der Waals surface area contributed by atoms with Crippen molar-refractivity contribution in [3.05, 3.63) is 59.7 Å². The Kier molecular flexibility index (Phi) is 7.81. The fourth-order valence-electron chi connectivity index (χ4n) is 2.39. The molecule has 0 saturated heterocycles. The van der Waals surface area contributed by atoms with Crippen LogP contribution in [0.2, 0.25) is 0 Å². The van der Waals surface area contributed by atoms with E-state index in [-0.39, 0.29) is 19.0 Å². The maximum Gasteiger partial charge on any atom is 0.448 e. The van der Waals surface area contributed by atoms with Crippen LogP contribution in [0.3, 0.4) is 0 Å². The summed E-state index contributed by atoms with van der Waals surface area (Å²) < 4.78 is 31.4. The van der Waals surface area contributed by atoms with Gasteiger partial charge in [0, 0.05) is 18.8 Å². The molecule has 2 aromatic rings. The van der Waals surface area contributed by atoms with Crippen LogP contribution in [0.1, 0.15) is 11.1 Å². The Morgan fingerprint density at radius 1 is 0.889 bits per heavy atom. The summed E-state index contributed by atoms with van der Waals surface area (Å²) >= 11 is 0. The highest BCUT2D eigenvalue weighted by Crippen LogP contribution is 2.18. The summed E-state index contributed by atoms with van der Waals surface area (Å²) in [6.07, 6.45) is 3.82. The lowest BCUT2D eigenvalue weighted by Gasteiger charge is -2.22. The minimum atomic E-state index is -4.01. The van der Waals surface area contributed by atoms with Crippen molar-refractivity contribution in [1.29, 1.82) is 0 Å². The lowest BCUT2D eigenvalue weighted by Crippen LogP contribution is -2.29. The van der Waals surface area contributed by atoms with Gasteiger partial charge in [0.25, 0.3) is 0 Å². The van der Waals surface area contributed by atoms with E-state index in [0.717, 1.165) is 23.9 Å². The van der Waals surface area contributed by atoms with E-state index in [2.05, 4.69) is 4.18 Å². The second kappa shape index (κ2) is 10.1. The van der Waals surface area contributed by atoms with E-state index in [1.54, 1.807) is 24.3 Å². The zero-order chi connectivity index (χ0) is 19.7. The zero-order valence-corrected chi connectivity index (χ0v) is 15.8. The molecule has 0 spiro atoms. The van der Waals surface area contributed by atoms with Gasteiger partial charge in [0.15, 0.2) is 0 Å². The summed E-state index contributed by atoms with van der Waals surface area (Å²) in [7, 11) is -2.98. The van der Waals surface area contributed by atoms with Crippen molar-refractivity contribution in [2.75, 3.05) is 38.3 Å². The lowest BCUT2D eigenvalue weighted by molar-refractivity contribution is 0.281. The average molecular weight is 393 g/mol. The maximum absolute atomic E-state index is 11.2. The van der Waals surface area contributed by atoms with Gasteiger partial charge in [-0.25, -0.2) is 4.18 Å². The molecule has 0 aliphatic heterocycles. The van der Waals surface area contributed by atoms with E-state index in [9.17, 15) is 8.42 Å². The van der Waals surface area contributed by atoms with Crippen LogP contribution in [0.4, 0.5) is 5.69 Å². The van der Waals surface area contributed by atoms with Crippen molar-refractivity contribution in [2.45, 2.75) is 0 Å². The largest absolute Gasteiger partial charge is 0.448 e. The van der Waals surface area contributed by atoms with Crippen LogP contribution in [-0.2, 0) is 14.6 Å². The van der Waals surface area contributed by atoms with Crippen molar-refractivity contribution in [3.63, 3.8) is 0 Å². The second-order valence-electron chi connectivity index (χ2n) is 5.59. The Hall–Kier alpha value is -2.39.